The monoisotopic (exact) mass is 344 g/mol. The van der Waals surface area contributed by atoms with Crippen LogP contribution in [0.25, 0.3) is 0 Å². The van der Waals surface area contributed by atoms with Gasteiger partial charge in [0.2, 0.25) is 0 Å². The van der Waals surface area contributed by atoms with E-state index in [9.17, 15) is 4.79 Å². The molecule has 0 bridgehead atoms. The van der Waals surface area contributed by atoms with E-state index in [-0.39, 0.29) is 18.1 Å². The maximum atomic E-state index is 12.7. The third-order valence-corrected chi connectivity index (χ3v) is 4.94. The zero-order valence-electron chi connectivity index (χ0n) is 15.1. The van der Waals surface area contributed by atoms with E-state index in [1.165, 1.54) is 0 Å². The second-order valence-corrected chi connectivity index (χ2v) is 7.10. The number of hydrogen-bond acceptors (Lipinski definition) is 5. The first-order valence-corrected chi connectivity index (χ1v) is 8.83. The Labute approximate surface area is 146 Å². The summed E-state index contributed by atoms with van der Waals surface area (Å²) in [7, 11) is 3.72. The minimum atomic E-state index is -0.172. The van der Waals surface area contributed by atoms with Gasteiger partial charge < -0.3 is 10.1 Å². The van der Waals surface area contributed by atoms with E-state index in [0.717, 1.165) is 35.7 Å². The Bertz CT molecular complexity index is 819. The Morgan fingerprint density at radius 1 is 1.24 bits per heavy atom. The van der Waals surface area contributed by atoms with Crippen molar-refractivity contribution in [2.75, 3.05) is 0 Å². The topological polar surface area (TPSA) is 86.9 Å². The summed E-state index contributed by atoms with van der Waals surface area (Å²) in [6.45, 7) is 4.37. The van der Waals surface area contributed by atoms with Crippen LogP contribution in [0.3, 0.4) is 0 Å². The molecule has 2 atom stereocenters. The molecule has 134 valence electrons. The number of hydrogen-bond donors (Lipinski definition) is 1. The van der Waals surface area contributed by atoms with Crippen LogP contribution in [0.5, 0.6) is 0 Å². The fourth-order valence-corrected chi connectivity index (χ4v) is 3.57. The van der Waals surface area contributed by atoms with Crippen LogP contribution < -0.4 is 5.32 Å². The summed E-state index contributed by atoms with van der Waals surface area (Å²) < 4.78 is 9.36. The van der Waals surface area contributed by atoms with Crippen LogP contribution in [0, 0.1) is 0 Å². The molecule has 8 heteroatoms. The van der Waals surface area contributed by atoms with Crippen molar-refractivity contribution in [2.24, 2.45) is 14.1 Å². The first-order valence-electron chi connectivity index (χ1n) is 8.83. The van der Waals surface area contributed by atoms with E-state index in [1.807, 2.05) is 27.9 Å². The molecule has 3 heterocycles. The van der Waals surface area contributed by atoms with Crippen molar-refractivity contribution in [2.45, 2.75) is 57.8 Å². The van der Waals surface area contributed by atoms with Gasteiger partial charge in [-0.25, -0.2) is 4.98 Å². The highest BCUT2D eigenvalue weighted by molar-refractivity contribution is 5.94. The molecule has 8 nitrogen and oxygen atoms in total. The zero-order chi connectivity index (χ0) is 17.7. The van der Waals surface area contributed by atoms with E-state index >= 15 is 0 Å². The van der Waals surface area contributed by atoms with Gasteiger partial charge in [0.1, 0.15) is 5.82 Å². The summed E-state index contributed by atoms with van der Waals surface area (Å²) in [6, 6.07) is 0. The molecule has 0 radical (unpaired) electrons. The standard InChI is InChI=1S/C17H24N6O2/c1-9-7-12-14(20-23(4)15(12)10(2)25-9)17(24)18-8-13-19-16(11-5-6-11)21-22(13)3/h9-11H,5-8H2,1-4H3,(H,18,24)/t9-,10+/m1/s1. The third kappa shape index (κ3) is 2.95. The number of aryl methyl sites for hydroxylation is 2. The number of nitrogens with zero attached hydrogens (tertiary/aromatic N) is 5. The summed E-state index contributed by atoms with van der Waals surface area (Å²) in [5.41, 5.74) is 2.46. The maximum Gasteiger partial charge on any atom is 0.272 e. The largest absolute Gasteiger partial charge is 0.369 e. The molecule has 1 saturated carbocycles. The van der Waals surface area contributed by atoms with Crippen LogP contribution in [0.2, 0.25) is 0 Å². The van der Waals surface area contributed by atoms with Crippen molar-refractivity contribution < 1.29 is 9.53 Å². The summed E-state index contributed by atoms with van der Waals surface area (Å²) in [5, 5.41) is 11.8. The van der Waals surface area contributed by atoms with Crippen molar-refractivity contribution in [3.05, 3.63) is 28.6 Å². The summed E-state index contributed by atoms with van der Waals surface area (Å²) in [4.78, 5) is 17.2. The van der Waals surface area contributed by atoms with Gasteiger partial charge in [-0.15, -0.1) is 0 Å². The summed E-state index contributed by atoms with van der Waals surface area (Å²) >= 11 is 0. The second kappa shape index (κ2) is 5.94. The van der Waals surface area contributed by atoms with Gasteiger partial charge in [-0.2, -0.15) is 10.2 Å². The Hall–Kier alpha value is -2.22. The number of nitrogens with one attached hydrogen (secondary N) is 1. The number of carbonyl (C=O) groups is 1. The summed E-state index contributed by atoms with van der Waals surface area (Å²) in [5.74, 6) is 1.99. The van der Waals surface area contributed by atoms with Gasteiger partial charge in [0.15, 0.2) is 11.5 Å². The van der Waals surface area contributed by atoms with Gasteiger partial charge in [0.05, 0.1) is 24.4 Å². The number of aromatic nitrogens is 5. The van der Waals surface area contributed by atoms with Gasteiger partial charge in [0, 0.05) is 32.0 Å². The van der Waals surface area contributed by atoms with E-state index in [4.69, 9.17) is 4.74 Å². The molecule has 1 aliphatic heterocycles. The fraction of sp³-hybridized carbons (Fsp3) is 0.647. The van der Waals surface area contributed by atoms with E-state index in [1.54, 1.807) is 9.36 Å². The molecule has 0 aromatic carbocycles. The van der Waals surface area contributed by atoms with Crippen LogP contribution in [-0.4, -0.2) is 36.6 Å². The molecule has 0 unspecified atom stereocenters. The predicted octanol–water partition coefficient (Wildman–Crippen LogP) is 1.38. The third-order valence-electron chi connectivity index (χ3n) is 4.94. The normalized spacial score (nSPS) is 22.7. The molecule has 2 aromatic rings. The molecule has 1 amide bonds. The first kappa shape index (κ1) is 16.3. The second-order valence-electron chi connectivity index (χ2n) is 7.10. The lowest BCUT2D eigenvalue weighted by Crippen LogP contribution is -2.28. The Morgan fingerprint density at radius 3 is 2.72 bits per heavy atom. The molecule has 0 saturated heterocycles. The lowest BCUT2D eigenvalue weighted by atomic mass is 9.99. The van der Waals surface area contributed by atoms with Crippen molar-refractivity contribution in [1.82, 2.24) is 29.9 Å². The van der Waals surface area contributed by atoms with Crippen LogP contribution >= 0.6 is 0 Å². The molecular weight excluding hydrogens is 320 g/mol. The number of rotatable bonds is 4. The fourth-order valence-electron chi connectivity index (χ4n) is 3.57. The van der Waals surface area contributed by atoms with Gasteiger partial charge in [-0.05, 0) is 26.7 Å². The van der Waals surface area contributed by atoms with Gasteiger partial charge >= 0.3 is 0 Å². The van der Waals surface area contributed by atoms with Gasteiger partial charge in [-0.3, -0.25) is 14.2 Å². The predicted molar refractivity (Wildman–Crippen MR) is 90.0 cm³/mol. The highest BCUT2D eigenvalue weighted by atomic mass is 16.5. The molecule has 1 aliphatic carbocycles. The van der Waals surface area contributed by atoms with Crippen LogP contribution in [0.15, 0.2) is 0 Å². The van der Waals surface area contributed by atoms with Crippen LogP contribution in [-0.2, 0) is 31.8 Å². The molecule has 2 aliphatic rings. The SMILES string of the molecule is C[C@@H]1Cc2c(C(=O)NCc3nc(C4CC4)nn3C)nn(C)c2[C@H](C)O1. The van der Waals surface area contributed by atoms with Crippen LogP contribution in [0.4, 0.5) is 0 Å². The molecule has 1 N–H and O–H groups in total. The Balaban J connectivity index is 1.51. The molecule has 2 aromatic heterocycles. The lowest BCUT2D eigenvalue weighted by Gasteiger charge is -2.26. The van der Waals surface area contributed by atoms with E-state index in [2.05, 4.69) is 20.5 Å². The van der Waals surface area contributed by atoms with Crippen molar-refractivity contribution >= 4 is 5.91 Å². The lowest BCUT2D eigenvalue weighted by molar-refractivity contribution is -0.00903. The number of ether oxygens (including phenoxy) is 1. The molecule has 4 rings (SSSR count). The van der Waals surface area contributed by atoms with Gasteiger partial charge in [0.25, 0.3) is 5.91 Å². The Kier molecular flexibility index (Phi) is 3.87. The Morgan fingerprint density at radius 2 is 2.00 bits per heavy atom. The molecule has 1 fully saturated rings. The molecular formula is C17H24N6O2. The molecule has 25 heavy (non-hydrogen) atoms. The maximum absolute atomic E-state index is 12.7. The number of carbonyl (C=O) groups excluding carboxylic acids is 1. The van der Waals surface area contributed by atoms with Crippen LogP contribution in [0.1, 0.15) is 72.1 Å². The number of amides is 1. The first-order chi connectivity index (χ1) is 11.9. The van der Waals surface area contributed by atoms with Gasteiger partial charge in [-0.1, -0.05) is 0 Å². The quantitative estimate of drug-likeness (QED) is 0.905. The van der Waals surface area contributed by atoms with Crippen molar-refractivity contribution in [3.63, 3.8) is 0 Å². The van der Waals surface area contributed by atoms with E-state index in [0.29, 0.717) is 24.6 Å². The highest BCUT2D eigenvalue weighted by Crippen LogP contribution is 2.38. The summed E-state index contributed by atoms with van der Waals surface area (Å²) in [6.07, 6.45) is 3.05. The molecule has 0 spiro atoms. The minimum absolute atomic E-state index is 0.0577. The van der Waals surface area contributed by atoms with Crippen molar-refractivity contribution in [3.8, 4) is 0 Å². The highest BCUT2D eigenvalue weighted by Gasteiger charge is 2.32. The smallest absolute Gasteiger partial charge is 0.272 e. The number of fused-ring (bicyclic) bond motifs is 1. The average molecular weight is 344 g/mol. The minimum Gasteiger partial charge on any atom is -0.369 e. The zero-order valence-corrected chi connectivity index (χ0v) is 15.1. The van der Waals surface area contributed by atoms with Crippen molar-refractivity contribution in [1.29, 1.82) is 0 Å². The average Bonchev–Trinajstić information content (AvgIpc) is 3.25. The van der Waals surface area contributed by atoms with E-state index < -0.39 is 0 Å².